The van der Waals surface area contributed by atoms with Crippen molar-refractivity contribution in [3.8, 4) is 5.75 Å². The average molecular weight is 293 g/mol. The maximum absolute atomic E-state index is 12.0. The van der Waals surface area contributed by atoms with E-state index in [2.05, 4.69) is 19.2 Å². The molecule has 0 aliphatic heterocycles. The molecule has 1 amide bonds. The number of aliphatic hydroxyl groups excluding tert-OH is 1. The van der Waals surface area contributed by atoms with E-state index in [1.54, 1.807) is 18.2 Å². The molecule has 0 fully saturated rings. The lowest BCUT2D eigenvalue weighted by Gasteiger charge is -2.14. The van der Waals surface area contributed by atoms with E-state index in [1.165, 1.54) is 0 Å². The van der Waals surface area contributed by atoms with Crippen molar-refractivity contribution < 1.29 is 14.6 Å². The quantitative estimate of drug-likeness (QED) is 0.775. The highest BCUT2D eigenvalue weighted by molar-refractivity contribution is 5.94. The molecule has 1 atom stereocenters. The molecular weight excluding hydrogens is 266 g/mol. The van der Waals surface area contributed by atoms with Gasteiger partial charge < -0.3 is 15.2 Å². The second kappa shape index (κ2) is 8.67. The van der Waals surface area contributed by atoms with Gasteiger partial charge in [-0.2, -0.15) is 0 Å². The fraction of sp³-hybridized carbons (Fsp3) is 0.588. The minimum atomic E-state index is -0.505. The number of ether oxygens (including phenoxy) is 1. The predicted octanol–water partition coefficient (Wildman–Crippen LogP) is 2.86. The first kappa shape index (κ1) is 17.5. The van der Waals surface area contributed by atoms with Crippen LogP contribution in [-0.4, -0.2) is 30.3 Å². The SMILES string of the molecule is CC(C)COc1cccc(C(=O)NCC(O)CC(C)C)c1. The third kappa shape index (κ3) is 7.14. The van der Waals surface area contributed by atoms with Crippen molar-refractivity contribution >= 4 is 5.91 Å². The predicted molar refractivity (Wildman–Crippen MR) is 84.6 cm³/mol. The average Bonchev–Trinajstić information content (AvgIpc) is 2.42. The van der Waals surface area contributed by atoms with Crippen molar-refractivity contribution in [3.05, 3.63) is 29.8 Å². The molecule has 118 valence electrons. The Morgan fingerprint density at radius 3 is 2.57 bits per heavy atom. The van der Waals surface area contributed by atoms with E-state index < -0.39 is 6.10 Å². The van der Waals surface area contributed by atoms with E-state index in [-0.39, 0.29) is 12.5 Å². The van der Waals surface area contributed by atoms with E-state index in [0.29, 0.717) is 36.2 Å². The van der Waals surface area contributed by atoms with Crippen molar-refractivity contribution in [2.24, 2.45) is 11.8 Å². The van der Waals surface area contributed by atoms with Crippen molar-refractivity contribution in [2.75, 3.05) is 13.2 Å². The van der Waals surface area contributed by atoms with Gasteiger partial charge in [0, 0.05) is 12.1 Å². The highest BCUT2D eigenvalue weighted by Gasteiger charge is 2.11. The van der Waals surface area contributed by atoms with Gasteiger partial charge in [0.05, 0.1) is 12.7 Å². The maximum atomic E-state index is 12.0. The Bertz CT molecular complexity index is 443. The largest absolute Gasteiger partial charge is 0.493 e. The van der Waals surface area contributed by atoms with Crippen LogP contribution in [0.15, 0.2) is 24.3 Å². The van der Waals surface area contributed by atoms with Gasteiger partial charge >= 0.3 is 0 Å². The summed E-state index contributed by atoms with van der Waals surface area (Å²) in [6, 6.07) is 7.11. The van der Waals surface area contributed by atoms with Gasteiger partial charge in [0.1, 0.15) is 5.75 Å². The van der Waals surface area contributed by atoms with E-state index in [4.69, 9.17) is 4.74 Å². The molecule has 0 aliphatic carbocycles. The van der Waals surface area contributed by atoms with Crippen LogP contribution in [0.25, 0.3) is 0 Å². The Labute approximate surface area is 127 Å². The summed E-state index contributed by atoms with van der Waals surface area (Å²) >= 11 is 0. The first-order chi connectivity index (χ1) is 9.88. The van der Waals surface area contributed by atoms with Crippen LogP contribution < -0.4 is 10.1 Å². The van der Waals surface area contributed by atoms with Crippen LogP contribution in [0.1, 0.15) is 44.5 Å². The Hall–Kier alpha value is -1.55. The number of carbonyl (C=O) groups is 1. The maximum Gasteiger partial charge on any atom is 0.251 e. The van der Waals surface area contributed by atoms with Crippen molar-refractivity contribution in [3.63, 3.8) is 0 Å². The van der Waals surface area contributed by atoms with E-state index in [1.807, 2.05) is 19.9 Å². The normalized spacial score (nSPS) is 12.5. The Kier molecular flexibility index (Phi) is 7.23. The summed E-state index contributed by atoms with van der Waals surface area (Å²) < 4.78 is 5.61. The van der Waals surface area contributed by atoms with Gasteiger partial charge in [-0.1, -0.05) is 33.8 Å². The van der Waals surface area contributed by atoms with Crippen LogP contribution in [0, 0.1) is 11.8 Å². The molecule has 1 aromatic carbocycles. The Morgan fingerprint density at radius 1 is 1.24 bits per heavy atom. The molecule has 0 saturated carbocycles. The smallest absolute Gasteiger partial charge is 0.251 e. The molecule has 1 aromatic rings. The lowest BCUT2D eigenvalue weighted by Crippen LogP contribution is -2.32. The van der Waals surface area contributed by atoms with Gasteiger partial charge in [-0.25, -0.2) is 0 Å². The van der Waals surface area contributed by atoms with E-state index in [0.717, 1.165) is 0 Å². The molecule has 21 heavy (non-hydrogen) atoms. The zero-order valence-corrected chi connectivity index (χ0v) is 13.4. The molecule has 2 N–H and O–H groups in total. The zero-order valence-electron chi connectivity index (χ0n) is 13.4. The van der Waals surface area contributed by atoms with E-state index >= 15 is 0 Å². The number of rotatable bonds is 8. The van der Waals surface area contributed by atoms with Crippen LogP contribution >= 0.6 is 0 Å². The molecule has 1 rings (SSSR count). The highest BCUT2D eigenvalue weighted by atomic mass is 16.5. The van der Waals surface area contributed by atoms with Crippen LogP contribution in [0.3, 0.4) is 0 Å². The fourth-order valence-corrected chi connectivity index (χ4v) is 1.93. The molecule has 4 nitrogen and oxygen atoms in total. The molecule has 0 aliphatic rings. The Morgan fingerprint density at radius 2 is 1.95 bits per heavy atom. The number of hydrogen-bond donors (Lipinski definition) is 2. The monoisotopic (exact) mass is 293 g/mol. The fourth-order valence-electron chi connectivity index (χ4n) is 1.93. The first-order valence-electron chi connectivity index (χ1n) is 7.57. The molecule has 0 bridgehead atoms. The Balaban J connectivity index is 2.52. The summed E-state index contributed by atoms with van der Waals surface area (Å²) in [6.07, 6.45) is 0.173. The summed E-state index contributed by atoms with van der Waals surface area (Å²) in [6.45, 7) is 9.13. The topological polar surface area (TPSA) is 58.6 Å². The summed E-state index contributed by atoms with van der Waals surface area (Å²) in [4.78, 5) is 12.0. The second-order valence-corrected chi connectivity index (χ2v) is 6.23. The minimum Gasteiger partial charge on any atom is -0.493 e. The number of amides is 1. The van der Waals surface area contributed by atoms with Crippen LogP contribution in [0.4, 0.5) is 0 Å². The molecule has 1 unspecified atom stereocenters. The first-order valence-corrected chi connectivity index (χ1v) is 7.57. The standard InChI is InChI=1S/C17H27NO3/c1-12(2)8-15(19)10-18-17(20)14-6-5-7-16(9-14)21-11-13(3)4/h5-7,9,12-13,15,19H,8,10-11H2,1-4H3,(H,18,20). The molecule has 4 heteroatoms. The van der Waals surface area contributed by atoms with Gasteiger partial charge in [-0.3, -0.25) is 4.79 Å². The highest BCUT2D eigenvalue weighted by Crippen LogP contribution is 2.14. The van der Waals surface area contributed by atoms with Gasteiger partial charge in [0.25, 0.3) is 5.91 Å². The molecule has 0 heterocycles. The summed E-state index contributed by atoms with van der Waals surface area (Å²) in [7, 11) is 0. The van der Waals surface area contributed by atoms with Gasteiger partial charge in [0.15, 0.2) is 0 Å². The molecule has 0 aromatic heterocycles. The van der Waals surface area contributed by atoms with Gasteiger partial charge in [0.2, 0.25) is 0 Å². The third-order valence-corrected chi connectivity index (χ3v) is 2.92. The van der Waals surface area contributed by atoms with Crippen molar-refractivity contribution in [1.29, 1.82) is 0 Å². The molecule has 0 radical (unpaired) electrons. The van der Waals surface area contributed by atoms with Crippen LogP contribution in [-0.2, 0) is 0 Å². The van der Waals surface area contributed by atoms with Crippen LogP contribution in [0.5, 0.6) is 5.75 Å². The van der Waals surface area contributed by atoms with Gasteiger partial charge in [-0.05, 0) is 36.5 Å². The second-order valence-electron chi connectivity index (χ2n) is 6.23. The number of benzene rings is 1. The van der Waals surface area contributed by atoms with Crippen LogP contribution in [0.2, 0.25) is 0 Å². The number of carbonyl (C=O) groups excluding carboxylic acids is 1. The zero-order chi connectivity index (χ0) is 15.8. The molecule has 0 saturated heterocycles. The lowest BCUT2D eigenvalue weighted by molar-refractivity contribution is 0.0900. The van der Waals surface area contributed by atoms with Crippen molar-refractivity contribution in [2.45, 2.75) is 40.2 Å². The lowest BCUT2D eigenvalue weighted by atomic mass is 10.1. The third-order valence-electron chi connectivity index (χ3n) is 2.92. The van der Waals surface area contributed by atoms with Crippen molar-refractivity contribution in [1.82, 2.24) is 5.32 Å². The van der Waals surface area contributed by atoms with E-state index in [9.17, 15) is 9.90 Å². The summed E-state index contributed by atoms with van der Waals surface area (Å²) in [5, 5.41) is 12.5. The summed E-state index contributed by atoms with van der Waals surface area (Å²) in [5.74, 6) is 1.35. The number of hydrogen-bond acceptors (Lipinski definition) is 3. The van der Waals surface area contributed by atoms with Gasteiger partial charge in [-0.15, -0.1) is 0 Å². The number of aliphatic hydroxyl groups is 1. The summed E-state index contributed by atoms with van der Waals surface area (Å²) in [5.41, 5.74) is 0.549. The number of nitrogens with one attached hydrogen (secondary N) is 1. The molecular formula is C17H27NO3. The molecule has 0 spiro atoms. The minimum absolute atomic E-state index is 0.187.